The molecule has 1 atom stereocenters. The zero-order chi connectivity index (χ0) is 26.5. The Kier molecular flexibility index (Phi) is 7.42. The van der Waals surface area contributed by atoms with Crippen LogP contribution in [0.3, 0.4) is 0 Å². The monoisotopic (exact) mass is 508 g/mol. The van der Waals surface area contributed by atoms with Gasteiger partial charge in [-0.2, -0.15) is 0 Å². The standard InChI is InChI=1S/C26H22F2N4O5/c1-37-22(33)14-29-24-23(18-13-17(27)7-8-19(18)28)31-21-12-16(9-10-32(21)24)25(34)30-20(26(35)36)11-15-5-3-2-4-6-15/h2-10,12-13,20,29H,11,14H2,1H3,(H,30,34)(H,35,36). The zero-order valence-electron chi connectivity index (χ0n) is 19.6. The predicted molar refractivity (Wildman–Crippen MR) is 130 cm³/mol. The number of carbonyl (C=O) groups is 3. The van der Waals surface area contributed by atoms with Crippen LogP contribution in [0, 0.1) is 11.6 Å². The van der Waals surface area contributed by atoms with Gasteiger partial charge < -0.3 is 20.5 Å². The predicted octanol–water partition coefficient (Wildman–Crippen LogP) is 3.29. The highest BCUT2D eigenvalue weighted by Gasteiger charge is 2.23. The van der Waals surface area contributed by atoms with E-state index in [1.165, 1.54) is 29.8 Å². The number of carbonyl (C=O) groups excluding carboxylic acids is 2. The first-order chi connectivity index (χ1) is 17.8. The van der Waals surface area contributed by atoms with Crippen molar-refractivity contribution in [3.05, 3.63) is 89.6 Å². The van der Waals surface area contributed by atoms with E-state index in [0.29, 0.717) is 0 Å². The number of hydrogen-bond donors (Lipinski definition) is 3. The van der Waals surface area contributed by atoms with Gasteiger partial charge in [0, 0.05) is 23.7 Å². The summed E-state index contributed by atoms with van der Waals surface area (Å²) < 4.78 is 34.6. The van der Waals surface area contributed by atoms with Crippen LogP contribution in [-0.4, -0.2) is 52.0 Å². The fraction of sp³-hybridized carbons (Fsp3) is 0.154. The van der Waals surface area contributed by atoms with Crippen molar-refractivity contribution in [2.75, 3.05) is 19.0 Å². The number of aliphatic carboxylic acids is 1. The van der Waals surface area contributed by atoms with Crippen molar-refractivity contribution in [1.82, 2.24) is 14.7 Å². The molecule has 11 heteroatoms. The van der Waals surface area contributed by atoms with Crippen molar-refractivity contribution >= 4 is 29.3 Å². The fourth-order valence-electron chi connectivity index (χ4n) is 3.74. The first-order valence-corrected chi connectivity index (χ1v) is 11.1. The molecule has 0 saturated heterocycles. The molecule has 0 fully saturated rings. The summed E-state index contributed by atoms with van der Waals surface area (Å²) >= 11 is 0. The van der Waals surface area contributed by atoms with Crippen LogP contribution < -0.4 is 10.6 Å². The number of ether oxygens (including phenoxy) is 1. The van der Waals surface area contributed by atoms with E-state index in [2.05, 4.69) is 20.4 Å². The highest BCUT2D eigenvalue weighted by molar-refractivity contribution is 5.97. The molecule has 4 aromatic rings. The highest BCUT2D eigenvalue weighted by Crippen LogP contribution is 2.31. The summed E-state index contributed by atoms with van der Waals surface area (Å²) in [5, 5.41) is 14.9. The van der Waals surface area contributed by atoms with Crippen LogP contribution in [0.1, 0.15) is 15.9 Å². The van der Waals surface area contributed by atoms with Crippen LogP contribution >= 0.6 is 0 Å². The van der Waals surface area contributed by atoms with Crippen LogP contribution in [0.4, 0.5) is 14.6 Å². The maximum atomic E-state index is 14.6. The van der Waals surface area contributed by atoms with Gasteiger partial charge in [-0.05, 0) is 35.9 Å². The van der Waals surface area contributed by atoms with E-state index < -0.39 is 35.5 Å². The summed E-state index contributed by atoms with van der Waals surface area (Å²) in [5.41, 5.74) is 0.861. The number of pyridine rings is 1. The lowest BCUT2D eigenvalue weighted by atomic mass is 10.1. The lowest BCUT2D eigenvalue weighted by Gasteiger charge is -2.15. The number of benzene rings is 2. The maximum Gasteiger partial charge on any atom is 0.326 e. The number of carboxylic acid groups (broad SMARTS) is 1. The molecule has 1 unspecified atom stereocenters. The third-order valence-electron chi connectivity index (χ3n) is 5.59. The zero-order valence-corrected chi connectivity index (χ0v) is 19.6. The third kappa shape index (κ3) is 5.72. The average molecular weight is 508 g/mol. The number of halogens is 2. The van der Waals surface area contributed by atoms with E-state index in [-0.39, 0.29) is 41.3 Å². The average Bonchev–Trinajstić information content (AvgIpc) is 3.26. The number of rotatable bonds is 9. The number of nitrogens with one attached hydrogen (secondary N) is 2. The normalized spacial score (nSPS) is 11.6. The molecule has 2 aromatic carbocycles. The number of amides is 1. The van der Waals surface area contributed by atoms with Crippen molar-refractivity contribution in [2.24, 2.45) is 0 Å². The van der Waals surface area contributed by atoms with E-state index in [0.717, 1.165) is 23.8 Å². The van der Waals surface area contributed by atoms with Crippen LogP contribution in [-0.2, 0) is 20.7 Å². The van der Waals surface area contributed by atoms with E-state index in [1.54, 1.807) is 30.3 Å². The highest BCUT2D eigenvalue weighted by atomic mass is 19.1. The second-order valence-electron chi connectivity index (χ2n) is 8.06. The quantitative estimate of drug-likeness (QED) is 0.297. The van der Waals surface area contributed by atoms with Gasteiger partial charge in [0.05, 0.1) is 7.11 Å². The van der Waals surface area contributed by atoms with Gasteiger partial charge in [0.2, 0.25) is 0 Å². The molecule has 9 nitrogen and oxygen atoms in total. The van der Waals surface area contributed by atoms with Gasteiger partial charge in [-0.3, -0.25) is 14.0 Å². The van der Waals surface area contributed by atoms with Crippen molar-refractivity contribution in [1.29, 1.82) is 0 Å². The molecule has 0 aliphatic heterocycles. The molecule has 2 heterocycles. The molecular formula is C26H22F2N4O5. The van der Waals surface area contributed by atoms with Crippen molar-refractivity contribution in [2.45, 2.75) is 12.5 Å². The Bertz CT molecular complexity index is 1470. The van der Waals surface area contributed by atoms with Gasteiger partial charge in [0.1, 0.15) is 41.4 Å². The van der Waals surface area contributed by atoms with Gasteiger partial charge in [-0.25, -0.2) is 18.6 Å². The SMILES string of the molecule is COC(=O)CNc1c(-c2cc(F)ccc2F)nc2cc(C(=O)NC(Cc3ccccc3)C(=O)O)ccn12. The van der Waals surface area contributed by atoms with Gasteiger partial charge in [-0.1, -0.05) is 30.3 Å². The number of methoxy groups -OCH3 is 1. The Balaban J connectivity index is 1.68. The van der Waals surface area contributed by atoms with Crippen LogP contribution in [0.5, 0.6) is 0 Å². The Morgan fingerprint density at radius 3 is 2.54 bits per heavy atom. The number of anilines is 1. The molecule has 0 aliphatic rings. The second kappa shape index (κ2) is 10.9. The Morgan fingerprint density at radius 2 is 1.84 bits per heavy atom. The summed E-state index contributed by atoms with van der Waals surface area (Å²) in [4.78, 5) is 40.7. The van der Waals surface area contributed by atoms with Crippen molar-refractivity contribution in [3.63, 3.8) is 0 Å². The van der Waals surface area contributed by atoms with Gasteiger partial charge in [-0.15, -0.1) is 0 Å². The molecule has 0 aliphatic carbocycles. The number of aromatic nitrogens is 2. The number of esters is 1. The summed E-state index contributed by atoms with van der Waals surface area (Å²) in [6.45, 7) is -0.282. The fourth-order valence-corrected chi connectivity index (χ4v) is 3.74. The van der Waals surface area contributed by atoms with E-state index in [4.69, 9.17) is 0 Å². The molecule has 0 radical (unpaired) electrons. The van der Waals surface area contributed by atoms with Gasteiger partial charge in [0.25, 0.3) is 5.91 Å². The molecule has 190 valence electrons. The van der Waals surface area contributed by atoms with Gasteiger partial charge in [0.15, 0.2) is 0 Å². The number of imidazole rings is 1. The molecule has 0 spiro atoms. The minimum atomic E-state index is -1.20. The smallest absolute Gasteiger partial charge is 0.326 e. The molecule has 37 heavy (non-hydrogen) atoms. The molecule has 2 aromatic heterocycles. The molecule has 4 rings (SSSR count). The van der Waals surface area contributed by atoms with Gasteiger partial charge >= 0.3 is 11.9 Å². The van der Waals surface area contributed by atoms with Crippen LogP contribution in [0.2, 0.25) is 0 Å². The first-order valence-electron chi connectivity index (χ1n) is 11.1. The first kappa shape index (κ1) is 25.3. The third-order valence-corrected chi connectivity index (χ3v) is 5.59. The minimum Gasteiger partial charge on any atom is -0.480 e. The number of carboxylic acids is 1. The summed E-state index contributed by atoms with van der Waals surface area (Å²) in [6, 6.07) is 13.4. The van der Waals surface area contributed by atoms with Crippen LogP contribution in [0.25, 0.3) is 16.9 Å². The van der Waals surface area contributed by atoms with E-state index in [9.17, 15) is 28.3 Å². The molecule has 1 amide bonds. The lowest BCUT2D eigenvalue weighted by molar-refractivity contribution is -0.139. The number of nitrogens with zero attached hydrogens (tertiary/aromatic N) is 2. The van der Waals surface area contributed by atoms with Crippen LogP contribution in [0.15, 0.2) is 66.9 Å². The Hall–Kier alpha value is -4.80. The van der Waals surface area contributed by atoms with E-state index >= 15 is 0 Å². The van der Waals surface area contributed by atoms with E-state index in [1.807, 2.05) is 0 Å². The second-order valence-corrected chi connectivity index (χ2v) is 8.06. The maximum absolute atomic E-state index is 14.6. The largest absolute Gasteiger partial charge is 0.480 e. The lowest BCUT2D eigenvalue weighted by Crippen LogP contribution is -2.42. The molecular weight excluding hydrogens is 486 g/mol. The Morgan fingerprint density at radius 1 is 1.08 bits per heavy atom. The molecule has 0 saturated carbocycles. The summed E-state index contributed by atoms with van der Waals surface area (Å²) in [6.07, 6.45) is 1.53. The van der Waals surface area contributed by atoms with Crippen molar-refractivity contribution < 1.29 is 33.0 Å². The minimum absolute atomic E-state index is 0.00551. The summed E-state index contributed by atoms with van der Waals surface area (Å²) in [5.74, 6) is -3.72. The molecule has 0 bridgehead atoms. The topological polar surface area (TPSA) is 122 Å². The summed E-state index contributed by atoms with van der Waals surface area (Å²) in [7, 11) is 1.21. The Labute approximate surface area is 209 Å². The number of fused-ring (bicyclic) bond motifs is 1. The molecule has 3 N–H and O–H groups in total. The number of hydrogen-bond acceptors (Lipinski definition) is 6. The van der Waals surface area contributed by atoms with Crippen molar-refractivity contribution in [3.8, 4) is 11.3 Å².